The van der Waals surface area contributed by atoms with E-state index in [0.717, 1.165) is 31.6 Å². The van der Waals surface area contributed by atoms with Crippen LogP contribution in [0.1, 0.15) is 18.4 Å². The molecule has 148 valence electrons. The minimum absolute atomic E-state index is 0.342. The van der Waals surface area contributed by atoms with E-state index >= 15 is 0 Å². The van der Waals surface area contributed by atoms with Gasteiger partial charge in [-0.2, -0.15) is 20.1 Å². The first kappa shape index (κ1) is 19.4. The van der Waals surface area contributed by atoms with E-state index < -0.39 is 0 Å². The molecule has 2 aromatic carbocycles. The lowest BCUT2D eigenvalue weighted by atomic mass is 10.2. The average molecular weight is 428 g/mol. The first-order valence-corrected chi connectivity index (χ1v) is 10.0. The highest BCUT2D eigenvalue weighted by atomic mass is 35.5. The van der Waals surface area contributed by atoms with E-state index in [1.807, 2.05) is 42.5 Å². The van der Waals surface area contributed by atoms with Crippen molar-refractivity contribution in [2.75, 3.05) is 28.7 Å². The fourth-order valence-electron chi connectivity index (χ4n) is 2.96. The number of hydrazone groups is 1. The first-order chi connectivity index (χ1) is 14.2. The second-order valence-electron chi connectivity index (χ2n) is 6.48. The summed E-state index contributed by atoms with van der Waals surface area (Å²) in [5.41, 5.74) is 4.46. The molecule has 7 nitrogen and oxygen atoms in total. The maximum Gasteiger partial charge on any atom is 0.250 e. The Labute approximate surface area is 178 Å². The maximum absolute atomic E-state index is 6.19. The second-order valence-corrected chi connectivity index (χ2v) is 7.27. The molecule has 0 atom stereocenters. The molecular formula is C20H19Cl2N7. The normalized spacial score (nSPS) is 13.8. The molecule has 3 aromatic rings. The van der Waals surface area contributed by atoms with E-state index in [1.165, 1.54) is 0 Å². The molecule has 9 heteroatoms. The van der Waals surface area contributed by atoms with Gasteiger partial charge in [-0.05, 0) is 31.0 Å². The van der Waals surface area contributed by atoms with E-state index in [2.05, 4.69) is 35.7 Å². The van der Waals surface area contributed by atoms with Gasteiger partial charge in [-0.3, -0.25) is 0 Å². The molecule has 0 amide bonds. The standard InChI is InChI=1S/C20H19Cl2N7/c21-16-10-6-7-14(17(16)22)13-23-28-19-25-18(24-15-8-2-1-3-9-15)26-20(27-19)29-11-4-5-12-29/h1-3,6-10,13H,4-5,11-12H2,(H2,24,25,26,27,28). The Morgan fingerprint density at radius 1 is 0.897 bits per heavy atom. The molecular weight excluding hydrogens is 409 g/mol. The molecule has 2 heterocycles. The number of halogens is 2. The lowest BCUT2D eigenvalue weighted by molar-refractivity contribution is 0.883. The van der Waals surface area contributed by atoms with E-state index in [0.29, 0.717) is 33.5 Å². The number of rotatable bonds is 6. The molecule has 1 aliphatic heterocycles. The molecule has 0 aliphatic carbocycles. The number of hydrogen-bond acceptors (Lipinski definition) is 7. The summed E-state index contributed by atoms with van der Waals surface area (Å²) < 4.78 is 0. The van der Waals surface area contributed by atoms with Crippen LogP contribution in [0.5, 0.6) is 0 Å². The second kappa shape index (κ2) is 9.07. The number of nitrogens with one attached hydrogen (secondary N) is 2. The number of para-hydroxylation sites is 1. The molecule has 0 spiro atoms. The fraction of sp³-hybridized carbons (Fsp3) is 0.200. The van der Waals surface area contributed by atoms with Gasteiger partial charge in [-0.1, -0.05) is 53.5 Å². The molecule has 29 heavy (non-hydrogen) atoms. The van der Waals surface area contributed by atoms with Crippen molar-refractivity contribution in [3.05, 3.63) is 64.1 Å². The summed E-state index contributed by atoms with van der Waals surface area (Å²) >= 11 is 12.2. The van der Waals surface area contributed by atoms with Crippen molar-refractivity contribution >= 4 is 52.9 Å². The molecule has 1 aromatic heterocycles. The Morgan fingerprint density at radius 3 is 2.45 bits per heavy atom. The van der Waals surface area contributed by atoms with Crippen LogP contribution in [0.25, 0.3) is 0 Å². The lowest BCUT2D eigenvalue weighted by Gasteiger charge is -2.16. The van der Waals surface area contributed by atoms with Gasteiger partial charge in [0.2, 0.25) is 17.8 Å². The van der Waals surface area contributed by atoms with E-state index in [9.17, 15) is 0 Å². The van der Waals surface area contributed by atoms with Crippen molar-refractivity contribution in [3.63, 3.8) is 0 Å². The molecule has 2 N–H and O–H groups in total. The van der Waals surface area contributed by atoms with Crippen LogP contribution in [0.4, 0.5) is 23.5 Å². The molecule has 1 fully saturated rings. The zero-order valence-corrected chi connectivity index (χ0v) is 17.0. The minimum atomic E-state index is 0.342. The van der Waals surface area contributed by atoms with Crippen molar-refractivity contribution in [1.29, 1.82) is 0 Å². The largest absolute Gasteiger partial charge is 0.341 e. The predicted octanol–water partition coefficient (Wildman–Crippen LogP) is 4.97. The van der Waals surface area contributed by atoms with Crippen molar-refractivity contribution in [1.82, 2.24) is 15.0 Å². The predicted molar refractivity (Wildman–Crippen MR) is 119 cm³/mol. The van der Waals surface area contributed by atoms with Crippen LogP contribution in [0, 0.1) is 0 Å². The molecule has 0 unspecified atom stereocenters. The van der Waals surface area contributed by atoms with Crippen LogP contribution in [-0.2, 0) is 0 Å². The average Bonchev–Trinajstić information content (AvgIpc) is 3.27. The van der Waals surface area contributed by atoms with Crippen LogP contribution < -0.4 is 15.6 Å². The van der Waals surface area contributed by atoms with E-state index in [4.69, 9.17) is 23.2 Å². The van der Waals surface area contributed by atoms with Gasteiger partial charge in [0.1, 0.15) is 0 Å². The lowest BCUT2D eigenvalue weighted by Crippen LogP contribution is -2.21. The van der Waals surface area contributed by atoms with Crippen molar-refractivity contribution in [2.24, 2.45) is 5.10 Å². The van der Waals surface area contributed by atoms with Gasteiger partial charge in [-0.15, -0.1) is 0 Å². The Morgan fingerprint density at radius 2 is 1.66 bits per heavy atom. The highest BCUT2D eigenvalue weighted by molar-refractivity contribution is 6.43. The third-order valence-corrected chi connectivity index (χ3v) is 5.23. The van der Waals surface area contributed by atoms with Crippen LogP contribution in [-0.4, -0.2) is 34.3 Å². The summed E-state index contributed by atoms with van der Waals surface area (Å²) in [5, 5.41) is 8.34. The third-order valence-electron chi connectivity index (χ3n) is 4.39. The Balaban J connectivity index is 1.57. The highest BCUT2D eigenvalue weighted by Crippen LogP contribution is 2.24. The summed E-state index contributed by atoms with van der Waals surface area (Å²) in [7, 11) is 0. The number of hydrogen-bond donors (Lipinski definition) is 2. The number of benzene rings is 2. The quantitative estimate of drug-likeness (QED) is 0.427. The molecule has 0 bridgehead atoms. The monoisotopic (exact) mass is 427 g/mol. The van der Waals surface area contributed by atoms with Crippen LogP contribution in [0.2, 0.25) is 10.0 Å². The van der Waals surface area contributed by atoms with Crippen molar-refractivity contribution in [2.45, 2.75) is 12.8 Å². The van der Waals surface area contributed by atoms with Crippen LogP contribution in [0.3, 0.4) is 0 Å². The minimum Gasteiger partial charge on any atom is -0.341 e. The summed E-state index contributed by atoms with van der Waals surface area (Å²) in [4.78, 5) is 15.6. The van der Waals surface area contributed by atoms with E-state index in [1.54, 1.807) is 12.3 Å². The SMILES string of the molecule is Clc1cccc(C=NNc2nc(Nc3ccccc3)nc(N3CCCC3)n2)c1Cl. The number of aromatic nitrogens is 3. The zero-order chi connectivity index (χ0) is 20.1. The van der Waals surface area contributed by atoms with Gasteiger partial charge in [-0.25, -0.2) is 5.43 Å². The van der Waals surface area contributed by atoms with Gasteiger partial charge in [0.25, 0.3) is 0 Å². The highest BCUT2D eigenvalue weighted by Gasteiger charge is 2.17. The van der Waals surface area contributed by atoms with E-state index in [-0.39, 0.29) is 0 Å². The topological polar surface area (TPSA) is 78.3 Å². The van der Waals surface area contributed by atoms with Gasteiger partial charge >= 0.3 is 0 Å². The summed E-state index contributed by atoms with van der Waals surface area (Å²) in [5.74, 6) is 1.41. The molecule has 0 radical (unpaired) electrons. The first-order valence-electron chi connectivity index (χ1n) is 9.25. The van der Waals surface area contributed by atoms with Crippen molar-refractivity contribution in [3.8, 4) is 0 Å². The van der Waals surface area contributed by atoms with Gasteiger partial charge in [0.05, 0.1) is 16.3 Å². The molecule has 0 saturated carbocycles. The third kappa shape index (κ3) is 4.93. The Bertz CT molecular complexity index is 1000. The van der Waals surface area contributed by atoms with Gasteiger partial charge < -0.3 is 10.2 Å². The Kier molecular flexibility index (Phi) is 6.07. The number of anilines is 4. The smallest absolute Gasteiger partial charge is 0.250 e. The molecule has 1 saturated heterocycles. The summed E-state index contributed by atoms with van der Waals surface area (Å²) in [6.45, 7) is 1.85. The fourth-order valence-corrected chi connectivity index (χ4v) is 3.32. The maximum atomic E-state index is 6.19. The Hall–Kier alpha value is -2.90. The zero-order valence-electron chi connectivity index (χ0n) is 15.5. The summed E-state index contributed by atoms with van der Waals surface area (Å²) in [6.07, 6.45) is 3.83. The van der Waals surface area contributed by atoms with Gasteiger partial charge in [0, 0.05) is 24.3 Å². The summed E-state index contributed by atoms with van der Waals surface area (Å²) in [6, 6.07) is 15.1. The molecule has 4 rings (SSSR count). The van der Waals surface area contributed by atoms with Gasteiger partial charge in [0.15, 0.2) is 0 Å². The van der Waals surface area contributed by atoms with Crippen molar-refractivity contribution < 1.29 is 0 Å². The van der Waals surface area contributed by atoms with Crippen LogP contribution >= 0.6 is 23.2 Å². The molecule has 1 aliphatic rings. The number of nitrogens with zero attached hydrogens (tertiary/aromatic N) is 5. The van der Waals surface area contributed by atoms with Crippen LogP contribution in [0.15, 0.2) is 53.6 Å².